The number of carbonyl (C=O) groups excluding carboxylic acids is 3. The van der Waals surface area contributed by atoms with E-state index < -0.39 is 17.9 Å². The summed E-state index contributed by atoms with van der Waals surface area (Å²) in [7, 11) is 0. The van der Waals surface area contributed by atoms with Crippen molar-refractivity contribution in [3.63, 3.8) is 0 Å². The van der Waals surface area contributed by atoms with Gasteiger partial charge in [0.2, 0.25) is 0 Å². The Kier molecular flexibility index (Phi) is 69.6. The molecular weight excluding hydrogens is 897 g/mol. The van der Waals surface area contributed by atoms with Gasteiger partial charge >= 0.3 is 49.4 Å². The molecule has 0 aromatic carbocycles. The Morgan fingerprint density at radius 3 is 0.574 bits per heavy atom. The Morgan fingerprint density at radius 1 is 0.262 bits per heavy atom. The molecule has 0 aliphatic rings. The van der Waals surface area contributed by atoms with Gasteiger partial charge in [-0.1, -0.05) is 211 Å². The van der Waals surface area contributed by atoms with Crippen molar-refractivity contribution >= 4 is 17.9 Å². The van der Waals surface area contributed by atoms with Gasteiger partial charge in [0.05, 0.1) is 0 Å². The average molecular weight is 996 g/mol. The molecule has 0 aromatic rings. The fourth-order valence-electron chi connectivity index (χ4n) is 7.02. The van der Waals surface area contributed by atoms with Gasteiger partial charge in [-0.05, 0) is 116 Å². The number of aliphatic carboxylic acids is 3. The summed E-state index contributed by atoms with van der Waals surface area (Å²) in [5.74, 6) is -2.74. The average Bonchev–Trinajstić information content (AvgIpc) is 3.22. The van der Waals surface area contributed by atoms with Gasteiger partial charge in [0, 0.05) is 17.9 Å². The van der Waals surface area contributed by atoms with Gasteiger partial charge in [-0.25, -0.2) is 0 Å². The van der Waals surface area contributed by atoms with E-state index in [1.54, 1.807) is 0 Å². The van der Waals surface area contributed by atoms with Crippen molar-refractivity contribution in [3.8, 4) is 0 Å². The van der Waals surface area contributed by atoms with Crippen LogP contribution >= 0.6 is 0 Å². The normalized spacial score (nSPS) is 11.1. The number of carbonyl (C=O) groups is 3. The number of hydrogen-bond acceptors (Lipinski definition) is 6. The molecule has 61 heavy (non-hydrogen) atoms. The predicted molar refractivity (Wildman–Crippen MR) is 253 cm³/mol. The minimum Gasteiger partial charge on any atom is -0.550 e. The maximum absolute atomic E-state index is 10.2. The number of carboxylic acid groups (broad SMARTS) is 3. The zero-order valence-corrected chi connectivity index (χ0v) is 42.9. The fourth-order valence-corrected chi connectivity index (χ4v) is 7.02. The molecule has 0 bridgehead atoms. The first-order valence-corrected chi connectivity index (χ1v) is 25.9. The minimum atomic E-state index is -0.914. The Hall–Kier alpha value is -0.786. The van der Waals surface area contributed by atoms with Crippen molar-refractivity contribution in [2.75, 3.05) is 0 Å². The zero-order valence-electron chi connectivity index (χ0n) is 40.5. The molecule has 0 N–H and O–H groups in total. The van der Waals surface area contributed by atoms with Crippen LogP contribution in [0.4, 0.5) is 0 Å². The predicted octanol–water partition coefficient (Wildman–Crippen LogP) is 14.3. The first kappa shape index (κ1) is 66.8. The van der Waals surface area contributed by atoms with Crippen LogP contribution in [0.25, 0.3) is 0 Å². The summed E-state index contributed by atoms with van der Waals surface area (Å²) in [4.78, 5) is 30.6. The van der Waals surface area contributed by atoms with Crippen LogP contribution in [0.5, 0.6) is 0 Å². The molecule has 6 nitrogen and oxygen atoms in total. The number of allylic oxidation sites excluding steroid dienone is 6. The molecule has 0 aromatic heterocycles. The molecule has 358 valence electrons. The van der Waals surface area contributed by atoms with Crippen LogP contribution in [-0.4, -0.2) is 17.9 Å². The maximum Gasteiger partial charge on any atom is 3.00 e. The Bertz CT molecular complexity index is 827. The van der Waals surface area contributed by atoms with E-state index >= 15 is 0 Å². The van der Waals surface area contributed by atoms with Gasteiger partial charge in [0.25, 0.3) is 0 Å². The van der Waals surface area contributed by atoms with Gasteiger partial charge in [-0.2, -0.15) is 0 Å². The van der Waals surface area contributed by atoms with Crippen molar-refractivity contribution in [2.45, 2.75) is 290 Å². The molecule has 0 saturated heterocycles. The van der Waals surface area contributed by atoms with E-state index in [4.69, 9.17) is 0 Å². The van der Waals surface area contributed by atoms with Crippen LogP contribution in [0.3, 0.4) is 0 Å². The van der Waals surface area contributed by atoms with Crippen LogP contribution in [0.1, 0.15) is 290 Å². The van der Waals surface area contributed by atoms with E-state index in [1.807, 2.05) is 0 Å². The quantitative estimate of drug-likeness (QED) is 0.0443. The van der Waals surface area contributed by atoms with E-state index in [0.717, 1.165) is 57.8 Å². The van der Waals surface area contributed by atoms with Gasteiger partial charge < -0.3 is 29.7 Å². The van der Waals surface area contributed by atoms with Crippen LogP contribution in [0.15, 0.2) is 36.5 Å². The fraction of sp³-hybridized carbons (Fsp3) is 0.833. The summed E-state index contributed by atoms with van der Waals surface area (Å²) in [5.41, 5.74) is 0. The van der Waals surface area contributed by atoms with E-state index in [-0.39, 0.29) is 68.6 Å². The van der Waals surface area contributed by atoms with Crippen molar-refractivity contribution < 1.29 is 79.1 Å². The Balaban J connectivity index is -0.000000396. The third-order valence-electron chi connectivity index (χ3n) is 10.9. The standard InChI is InChI=1S/3C18H34O2.Eu/c3*1-2-3-4-5-6-7-8-9-10-11-12-13-14-15-16-17-18(19)20;/h3*9-10H,2-8,11-17H2,1H3,(H,19,20);/q;;;+3/p-3/b3*10-9-;. The van der Waals surface area contributed by atoms with Crippen LogP contribution in [0, 0.1) is 49.4 Å². The van der Waals surface area contributed by atoms with Gasteiger partial charge in [0.15, 0.2) is 0 Å². The summed E-state index contributed by atoms with van der Waals surface area (Å²) in [5, 5.41) is 30.6. The molecule has 0 amide bonds. The topological polar surface area (TPSA) is 120 Å². The van der Waals surface area contributed by atoms with Gasteiger partial charge in [-0.3, -0.25) is 0 Å². The molecule has 0 heterocycles. The number of hydrogen-bond donors (Lipinski definition) is 0. The molecule has 7 heteroatoms. The largest absolute Gasteiger partial charge is 3.00 e. The first-order valence-electron chi connectivity index (χ1n) is 25.9. The molecule has 0 saturated carbocycles. The van der Waals surface area contributed by atoms with Gasteiger partial charge in [0.1, 0.15) is 0 Å². The van der Waals surface area contributed by atoms with Gasteiger partial charge in [-0.15, -0.1) is 0 Å². The Morgan fingerprint density at radius 2 is 0.410 bits per heavy atom. The number of carboxylic acids is 3. The van der Waals surface area contributed by atoms with E-state index in [9.17, 15) is 29.7 Å². The van der Waals surface area contributed by atoms with E-state index in [2.05, 4.69) is 57.2 Å². The summed E-state index contributed by atoms with van der Waals surface area (Å²) >= 11 is 0. The third kappa shape index (κ3) is 76.9. The zero-order chi connectivity index (χ0) is 44.7. The third-order valence-corrected chi connectivity index (χ3v) is 10.9. The van der Waals surface area contributed by atoms with Crippen LogP contribution < -0.4 is 15.3 Å². The van der Waals surface area contributed by atoms with Crippen molar-refractivity contribution in [2.24, 2.45) is 0 Å². The second-order valence-electron chi connectivity index (χ2n) is 17.1. The molecule has 0 unspecified atom stereocenters. The first-order chi connectivity index (χ1) is 29.3. The van der Waals surface area contributed by atoms with Crippen molar-refractivity contribution in [3.05, 3.63) is 36.5 Å². The van der Waals surface area contributed by atoms with Crippen LogP contribution in [-0.2, 0) is 14.4 Å². The molecule has 0 aliphatic carbocycles. The summed E-state index contributed by atoms with van der Waals surface area (Å²) < 4.78 is 0. The van der Waals surface area contributed by atoms with Crippen LogP contribution in [0.2, 0.25) is 0 Å². The molecule has 0 rings (SSSR count). The molecular formula is C54H99EuO6. The SMILES string of the molecule is CCCCCCCC/C=C\CCCCCCCC(=O)[O-].CCCCCCCC/C=C\CCCCCCCC(=O)[O-].CCCCCCCC/C=C\CCCCCCCC(=O)[O-].[Eu+3]. The molecule has 0 aliphatic heterocycles. The second-order valence-corrected chi connectivity index (χ2v) is 17.1. The summed E-state index contributed by atoms with van der Waals surface area (Å²) in [6, 6.07) is 0. The molecule has 0 fully saturated rings. The summed E-state index contributed by atoms with van der Waals surface area (Å²) in [6.45, 7) is 6.77. The molecule has 0 atom stereocenters. The molecule has 0 spiro atoms. The molecule has 0 radical (unpaired) electrons. The second kappa shape index (κ2) is 63.5. The van der Waals surface area contributed by atoms with Crippen molar-refractivity contribution in [1.29, 1.82) is 0 Å². The number of rotatable bonds is 45. The minimum absolute atomic E-state index is 0. The smallest absolute Gasteiger partial charge is 0.550 e. The number of unbranched alkanes of at least 4 members (excludes halogenated alkanes) is 33. The summed E-state index contributed by atoms with van der Waals surface area (Å²) in [6.07, 6.45) is 62.7. The maximum atomic E-state index is 10.2. The van der Waals surface area contributed by atoms with E-state index in [1.165, 1.54) is 193 Å². The Labute approximate surface area is 420 Å². The van der Waals surface area contributed by atoms with E-state index in [0.29, 0.717) is 0 Å². The monoisotopic (exact) mass is 997 g/mol. The van der Waals surface area contributed by atoms with Crippen molar-refractivity contribution in [1.82, 2.24) is 0 Å².